The SMILES string of the molecule is N#Cc1cccc(CNc2cc(Cl)c(F)c(Cl)c2)c1F. The lowest BCUT2D eigenvalue weighted by molar-refractivity contribution is 0.609. The molecule has 0 heterocycles. The molecular formula is C14H8Cl2F2N2. The van der Waals surface area contributed by atoms with Gasteiger partial charge in [-0.05, 0) is 18.2 Å². The molecule has 6 heteroatoms. The molecule has 2 rings (SSSR count). The predicted molar refractivity (Wildman–Crippen MR) is 74.9 cm³/mol. The third-order valence-corrected chi connectivity index (χ3v) is 3.22. The molecule has 0 bridgehead atoms. The van der Waals surface area contributed by atoms with Gasteiger partial charge in [-0.1, -0.05) is 35.3 Å². The van der Waals surface area contributed by atoms with E-state index in [1.807, 2.05) is 0 Å². The molecule has 2 nitrogen and oxygen atoms in total. The van der Waals surface area contributed by atoms with E-state index in [0.717, 1.165) is 0 Å². The van der Waals surface area contributed by atoms with Gasteiger partial charge in [-0.15, -0.1) is 0 Å². The summed E-state index contributed by atoms with van der Waals surface area (Å²) in [5, 5.41) is 11.4. The summed E-state index contributed by atoms with van der Waals surface area (Å²) in [7, 11) is 0. The molecule has 0 aliphatic heterocycles. The maximum atomic E-state index is 13.8. The van der Waals surface area contributed by atoms with Gasteiger partial charge in [-0.3, -0.25) is 0 Å². The molecule has 0 aromatic heterocycles. The average Bonchev–Trinajstić information content (AvgIpc) is 2.43. The second-order valence-electron chi connectivity index (χ2n) is 4.00. The first-order valence-corrected chi connectivity index (χ1v) is 6.34. The molecule has 102 valence electrons. The molecule has 0 unspecified atom stereocenters. The van der Waals surface area contributed by atoms with Crippen LogP contribution in [-0.4, -0.2) is 0 Å². The Morgan fingerprint density at radius 1 is 1.10 bits per heavy atom. The first kappa shape index (κ1) is 14.6. The average molecular weight is 313 g/mol. The molecule has 2 aromatic carbocycles. The highest BCUT2D eigenvalue weighted by molar-refractivity contribution is 6.35. The standard InChI is InChI=1S/C14H8Cl2F2N2/c15-11-4-10(5-12(16)14(11)18)20-7-9-3-1-2-8(6-19)13(9)17/h1-5,20H,7H2. The lowest BCUT2D eigenvalue weighted by Gasteiger charge is -2.09. The minimum Gasteiger partial charge on any atom is -0.381 e. The van der Waals surface area contributed by atoms with Gasteiger partial charge < -0.3 is 5.32 Å². The highest BCUT2D eigenvalue weighted by Crippen LogP contribution is 2.27. The van der Waals surface area contributed by atoms with Gasteiger partial charge in [0.15, 0.2) is 5.82 Å². The molecule has 0 amide bonds. The van der Waals surface area contributed by atoms with Crippen molar-refractivity contribution in [3.8, 4) is 6.07 Å². The zero-order valence-corrected chi connectivity index (χ0v) is 11.6. The number of rotatable bonds is 3. The van der Waals surface area contributed by atoms with E-state index in [1.54, 1.807) is 18.2 Å². The number of hydrogen-bond donors (Lipinski definition) is 1. The summed E-state index contributed by atoms with van der Waals surface area (Å²) in [6.07, 6.45) is 0. The number of anilines is 1. The van der Waals surface area contributed by atoms with Crippen molar-refractivity contribution in [3.63, 3.8) is 0 Å². The predicted octanol–water partition coefficient (Wildman–Crippen LogP) is 4.76. The van der Waals surface area contributed by atoms with Gasteiger partial charge in [0.05, 0.1) is 15.6 Å². The van der Waals surface area contributed by atoms with E-state index in [-0.39, 0.29) is 22.2 Å². The van der Waals surface area contributed by atoms with Crippen LogP contribution in [0.4, 0.5) is 14.5 Å². The molecule has 20 heavy (non-hydrogen) atoms. The molecule has 0 saturated heterocycles. The maximum Gasteiger partial charge on any atom is 0.160 e. The van der Waals surface area contributed by atoms with Gasteiger partial charge in [-0.2, -0.15) is 5.26 Å². The Morgan fingerprint density at radius 2 is 1.75 bits per heavy atom. The van der Waals surface area contributed by atoms with Crippen molar-refractivity contribution in [1.82, 2.24) is 0 Å². The third-order valence-electron chi connectivity index (χ3n) is 2.67. The number of halogens is 4. The number of benzene rings is 2. The minimum atomic E-state index is -0.698. The van der Waals surface area contributed by atoms with Gasteiger partial charge in [0, 0.05) is 17.8 Å². The Labute approximate surface area is 124 Å². The van der Waals surface area contributed by atoms with E-state index >= 15 is 0 Å². The second kappa shape index (κ2) is 6.08. The van der Waals surface area contributed by atoms with Crippen molar-refractivity contribution in [3.05, 3.63) is 63.1 Å². The molecule has 2 aromatic rings. The van der Waals surface area contributed by atoms with Crippen LogP contribution in [0.15, 0.2) is 30.3 Å². The van der Waals surface area contributed by atoms with Gasteiger partial charge in [0.25, 0.3) is 0 Å². The van der Waals surface area contributed by atoms with Crippen LogP contribution in [0.3, 0.4) is 0 Å². The zero-order chi connectivity index (χ0) is 14.7. The van der Waals surface area contributed by atoms with Crippen LogP contribution in [0.25, 0.3) is 0 Å². The van der Waals surface area contributed by atoms with Crippen molar-refractivity contribution in [2.24, 2.45) is 0 Å². The van der Waals surface area contributed by atoms with Gasteiger partial charge in [-0.25, -0.2) is 8.78 Å². The van der Waals surface area contributed by atoms with E-state index in [1.165, 1.54) is 18.2 Å². The number of nitrogens with one attached hydrogen (secondary N) is 1. The summed E-state index contributed by atoms with van der Waals surface area (Å²) in [6.45, 7) is 0.125. The normalized spacial score (nSPS) is 10.2. The lowest BCUT2D eigenvalue weighted by atomic mass is 10.1. The fourth-order valence-corrected chi connectivity index (χ4v) is 2.14. The van der Waals surface area contributed by atoms with Crippen LogP contribution >= 0.6 is 23.2 Å². The van der Waals surface area contributed by atoms with Crippen molar-refractivity contribution < 1.29 is 8.78 Å². The number of nitriles is 1. The van der Waals surface area contributed by atoms with E-state index in [2.05, 4.69) is 5.32 Å². The minimum absolute atomic E-state index is 0.0283. The molecule has 0 fully saturated rings. The van der Waals surface area contributed by atoms with E-state index in [9.17, 15) is 8.78 Å². The molecule has 1 N–H and O–H groups in total. The molecule has 0 saturated carbocycles. The molecule has 0 aliphatic rings. The molecular weight excluding hydrogens is 305 g/mol. The summed E-state index contributed by atoms with van der Waals surface area (Å²) in [6, 6.07) is 9.01. The lowest BCUT2D eigenvalue weighted by Crippen LogP contribution is -2.03. The Morgan fingerprint density at radius 3 is 2.35 bits per heavy atom. The molecule has 0 radical (unpaired) electrons. The van der Waals surface area contributed by atoms with E-state index in [0.29, 0.717) is 11.3 Å². The largest absolute Gasteiger partial charge is 0.381 e. The first-order valence-electron chi connectivity index (χ1n) is 5.59. The first-order chi connectivity index (χ1) is 9.52. The fourth-order valence-electron chi connectivity index (χ4n) is 1.66. The van der Waals surface area contributed by atoms with Crippen LogP contribution < -0.4 is 5.32 Å². The number of hydrogen-bond acceptors (Lipinski definition) is 2. The van der Waals surface area contributed by atoms with Crippen LogP contribution in [-0.2, 0) is 6.54 Å². The molecule has 0 aliphatic carbocycles. The maximum absolute atomic E-state index is 13.8. The van der Waals surface area contributed by atoms with Crippen molar-refractivity contribution in [2.45, 2.75) is 6.54 Å². The van der Waals surface area contributed by atoms with Gasteiger partial charge >= 0.3 is 0 Å². The van der Waals surface area contributed by atoms with Crippen molar-refractivity contribution in [1.29, 1.82) is 5.26 Å². The van der Waals surface area contributed by atoms with E-state index < -0.39 is 11.6 Å². The van der Waals surface area contributed by atoms with Crippen LogP contribution in [0.2, 0.25) is 10.0 Å². The van der Waals surface area contributed by atoms with E-state index in [4.69, 9.17) is 28.5 Å². The van der Waals surface area contributed by atoms with Crippen LogP contribution in [0.1, 0.15) is 11.1 Å². The highest BCUT2D eigenvalue weighted by atomic mass is 35.5. The quantitative estimate of drug-likeness (QED) is 0.830. The molecule has 0 spiro atoms. The van der Waals surface area contributed by atoms with Crippen LogP contribution in [0, 0.1) is 23.0 Å². The van der Waals surface area contributed by atoms with Gasteiger partial charge in [0.2, 0.25) is 0 Å². The smallest absolute Gasteiger partial charge is 0.160 e. The van der Waals surface area contributed by atoms with Gasteiger partial charge in [0.1, 0.15) is 11.9 Å². The summed E-state index contributed by atoms with van der Waals surface area (Å²) in [5.74, 6) is -1.28. The summed E-state index contributed by atoms with van der Waals surface area (Å²) < 4.78 is 27.1. The third kappa shape index (κ3) is 3.01. The fraction of sp³-hybridized carbons (Fsp3) is 0.0714. The Bertz CT molecular complexity index is 673. The Balaban J connectivity index is 2.20. The summed E-state index contributed by atoms with van der Waals surface area (Å²) in [4.78, 5) is 0. The molecule has 0 atom stereocenters. The summed E-state index contributed by atoms with van der Waals surface area (Å²) >= 11 is 11.3. The van der Waals surface area contributed by atoms with Crippen molar-refractivity contribution in [2.75, 3.05) is 5.32 Å². The second-order valence-corrected chi connectivity index (χ2v) is 4.81. The number of nitrogens with zero attached hydrogens (tertiary/aromatic N) is 1. The Hall–Kier alpha value is -1.83. The topological polar surface area (TPSA) is 35.8 Å². The highest BCUT2D eigenvalue weighted by Gasteiger charge is 2.10. The monoisotopic (exact) mass is 312 g/mol. The van der Waals surface area contributed by atoms with Crippen LogP contribution in [0.5, 0.6) is 0 Å². The zero-order valence-electron chi connectivity index (χ0n) is 10.1. The Kier molecular flexibility index (Phi) is 4.43. The van der Waals surface area contributed by atoms with Crippen molar-refractivity contribution >= 4 is 28.9 Å². The summed E-state index contributed by atoms with van der Waals surface area (Å²) in [5.41, 5.74) is 0.753.